The second-order valence-electron chi connectivity index (χ2n) is 10.8. The van der Waals surface area contributed by atoms with E-state index in [1.165, 1.54) is 18.9 Å². The van der Waals surface area contributed by atoms with Crippen molar-refractivity contribution < 1.29 is 19.4 Å². The summed E-state index contributed by atoms with van der Waals surface area (Å²) < 4.78 is 13.3. The third-order valence-corrected chi connectivity index (χ3v) is 8.21. The van der Waals surface area contributed by atoms with Crippen molar-refractivity contribution in [3.8, 4) is 34.0 Å². The van der Waals surface area contributed by atoms with Crippen LogP contribution in [0.15, 0.2) is 43.0 Å². The van der Waals surface area contributed by atoms with E-state index in [4.69, 9.17) is 9.47 Å². The lowest BCUT2D eigenvalue weighted by molar-refractivity contribution is 0.0880. The molecule has 1 fully saturated rings. The Morgan fingerprint density at radius 2 is 1.86 bits per heavy atom. The Bertz CT molecular complexity index is 1190. The summed E-state index contributed by atoms with van der Waals surface area (Å²) >= 11 is 0. The van der Waals surface area contributed by atoms with Gasteiger partial charge in [0.25, 0.3) is 0 Å². The molecule has 0 radical (unpaired) electrons. The minimum absolute atomic E-state index is 0.0617. The molecule has 1 aliphatic rings. The molecule has 10 heteroatoms. The minimum atomic E-state index is -1.17. The molecule has 1 aliphatic carbocycles. The number of hydrogen-bond donors (Lipinski definition) is 2. The monoisotopic (exact) mass is 523 g/mol. The number of aromatic nitrogens is 4. The summed E-state index contributed by atoms with van der Waals surface area (Å²) in [5, 5.41) is 21.8. The number of phenolic OH excluding ortho intramolecular Hbond substituents is 1. The van der Waals surface area contributed by atoms with Gasteiger partial charge in [-0.15, -0.1) is 10.2 Å². The number of nitrogens with zero attached hydrogens (tertiary/aromatic N) is 4. The molecule has 4 rings (SSSR count). The second-order valence-corrected chi connectivity index (χ2v) is 16.5. The third kappa shape index (κ3) is 7.87. The van der Waals surface area contributed by atoms with Gasteiger partial charge in [0.05, 0.1) is 0 Å². The van der Waals surface area contributed by atoms with Crippen molar-refractivity contribution in [3.05, 3.63) is 43.0 Å². The van der Waals surface area contributed by atoms with Crippen LogP contribution >= 0.6 is 0 Å². The highest BCUT2D eigenvalue weighted by Crippen LogP contribution is 2.34. The van der Waals surface area contributed by atoms with Crippen LogP contribution in [0.5, 0.6) is 11.5 Å². The van der Waals surface area contributed by atoms with Gasteiger partial charge in [0.1, 0.15) is 24.6 Å². The highest BCUT2D eigenvalue weighted by atomic mass is 28.3. The van der Waals surface area contributed by atoms with Gasteiger partial charge in [0.15, 0.2) is 5.82 Å². The maximum absolute atomic E-state index is 12.5. The van der Waals surface area contributed by atoms with Gasteiger partial charge in [0, 0.05) is 49.8 Å². The van der Waals surface area contributed by atoms with Crippen molar-refractivity contribution in [2.75, 3.05) is 6.61 Å². The summed E-state index contributed by atoms with van der Waals surface area (Å²) in [4.78, 5) is 16.9. The van der Waals surface area contributed by atoms with Gasteiger partial charge in [0.2, 0.25) is 0 Å². The van der Waals surface area contributed by atoms with Crippen molar-refractivity contribution in [1.29, 1.82) is 0 Å². The number of carbonyl (C=O) groups is 1. The van der Waals surface area contributed by atoms with Crippen LogP contribution in [0.4, 0.5) is 4.79 Å². The van der Waals surface area contributed by atoms with E-state index < -0.39 is 14.2 Å². The first-order valence-corrected chi connectivity index (χ1v) is 16.7. The van der Waals surface area contributed by atoms with Gasteiger partial charge in [-0.25, -0.2) is 4.79 Å². The van der Waals surface area contributed by atoms with E-state index in [9.17, 15) is 9.90 Å². The van der Waals surface area contributed by atoms with Crippen LogP contribution < -0.4 is 10.1 Å². The summed E-state index contributed by atoms with van der Waals surface area (Å²) in [6.45, 7) is 7.99. The Labute approximate surface area is 219 Å². The van der Waals surface area contributed by atoms with Crippen molar-refractivity contribution in [2.24, 2.45) is 0 Å². The zero-order valence-electron chi connectivity index (χ0n) is 21.9. The van der Waals surface area contributed by atoms with E-state index in [2.05, 4.69) is 40.1 Å². The number of benzene rings is 1. The van der Waals surface area contributed by atoms with E-state index in [1.54, 1.807) is 30.9 Å². The number of amides is 1. The van der Waals surface area contributed by atoms with Crippen LogP contribution in [0, 0.1) is 0 Å². The van der Waals surface area contributed by atoms with Gasteiger partial charge in [-0.2, -0.15) is 0 Å². The third-order valence-electron chi connectivity index (χ3n) is 6.51. The number of phenols is 1. The fraction of sp³-hybridized carbons (Fsp3) is 0.481. The summed E-state index contributed by atoms with van der Waals surface area (Å²) in [6.07, 6.45) is 11.1. The molecule has 1 saturated carbocycles. The molecule has 3 aromatic rings. The van der Waals surface area contributed by atoms with Crippen molar-refractivity contribution >= 4 is 14.2 Å². The molecule has 198 valence electrons. The van der Waals surface area contributed by atoms with E-state index in [0.29, 0.717) is 36.0 Å². The molecular formula is C27H37N5O4Si. The van der Waals surface area contributed by atoms with Crippen molar-refractivity contribution in [1.82, 2.24) is 25.1 Å². The highest BCUT2D eigenvalue weighted by molar-refractivity contribution is 6.76. The van der Waals surface area contributed by atoms with E-state index >= 15 is 0 Å². The lowest BCUT2D eigenvalue weighted by atomic mass is 10.0. The molecule has 1 aromatic carbocycles. The number of carbonyl (C=O) groups excluding carboxylic acids is 1. The van der Waals surface area contributed by atoms with E-state index in [-0.39, 0.29) is 11.8 Å². The summed E-state index contributed by atoms with van der Waals surface area (Å²) in [5.74, 6) is 1.03. The number of aromatic hydroxyl groups is 1. The number of ether oxygens (including phenoxy) is 2. The zero-order chi connectivity index (χ0) is 26.3. The van der Waals surface area contributed by atoms with Crippen LogP contribution in [0.3, 0.4) is 0 Å². The lowest BCUT2D eigenvalue weighted by Gasteiger charge is -2.16. The number of pyridine rings is 1. The topological polar surface area (TPSA) is 111 Å². The Morgan fingerprint density at radius 1 is 1.11 bits per heavy atom. The van der Waals surface area contributed by atoms with Crippen LogP contribution in [0.2, 0.25) is 25.7 Å². The molecule has 2 heterocycles. The average Bonchev–Trinajstić information content (AvgIpc) is 3.18. The highest BCUT2D eigenvalue weighted by Gasteiger charge is 2.18. The number of nitrogens with one attached hydrogen (secondary N) is 1. The van der Waals surface area contributed by atoms with Gasteiger partial charge >= 0.3 is 6.09 Å². The molecule has 37 heavy (non-hydrogen) atoms. The molecular weight excluding hydrogens is 486 g/mol. The fourth-order valence-electron chi connectivity index (χ4n) is 4.36. The van der Waals surface area contributed by atoms with Crippen LogP contribution in [0.25, 0.3) is 22.5 Å². The number of rotatable bonds is 9. The van der Waals surface area contributed by atoms with Crippen molar-refractivity contribution in [2.45, 2.75) is 77.0 Å². The quantitative estimate of drug-likeness (QED) is 0.206. The Balaban J connectivity index is 1.46. The van der Waals surface area contributed by atoms with Gasteiger partial charge < -0.3 is 19.9 Å². The Hall–Kier alpha value is -3.24. The molecule has 9 nitrogen and oxygen atoms in total. The first kappa shape index (κ1) is 26.8. The second kappa shape index (κ2) is 12.3. The molecule has 2 aromatic heterocycles. The Kier molecular flexibility index (Phi) is 8.94. The molecule has 0 atom stereocenters. The predicted molar refractivity (Wildman–Crippen MR) is 145 cm³/mol. The van der Waals surface area contributed by atoms with Gasteiger partial charge in [-0.3, -0.25) is 9.55 Å². The summed E-state index contributed by atoms with van der Waals surface area (Å²) in [5.41, 5.74) is 1.91. The SMILES string of the molecule is C[Si](C)(C)CCOCn1cnnc1-c1cncc(-c2cc(OC(=O)NC3CCCCCC3)ccc2O)c1. The maximum atomic E-state index is 12.5. The van der Waals surface area contributed by atoms with Gasteiger partial charge in [-0.05, 0) is 43.2 Å². The predicted octanol–water partition coefficient (Wildman–Crippen LogP) is 5.84. The standard InChI is InChI=1S/C27H37N5O4Si/c1-37(2,3)13-12-35-19-32-18-29-31-26(32)21-14-20(16-28-17-21)24-15-23(10-11-25(24)33)36-27(34)30-22-8-6-4-5-7-9-22/h10-11,14-18,22,33H,4-9,12-13,19H2,1-3H3,(H,30,34). The smallest absolute Gasteiger partial charge is 0.412 e. The maximum Gasteiger partial charge on any atom is 0.412 e. The molecule has 2 N–H and O–H groups in total. The first-order valence-electron chi connectivity index (χ1n) is 13.0. The molecule has 0 bridgehead atoms. The summed E-state index contributed by atoms with van der Waals surface area (Å²) in [7, 11) is -1.17. The zero-order valence-corrected chi connectivity index (χ0v) is 22.9. The first-order chi connectivity index (χ1) is 17.8. The van der Waals surface area contributed by atoms with Crippen molar-refractivity contribution in [3.63, 3.8) is 0 Å². The fourth-order valence-corrected chi connectivity index (χ4v) is 5.12. The van der Waals surface area contributed by atoms with E-state index in [0.717, 1.165) is 37.3 Å². The molecule has 0 saturated heterocycles. The van der Waals surface area contributed by atoms with E-state index in [1.807, 2.05) is 10.6 Å². The van der Waals surface area contributed by atoms with Crippen LogP contribution in [0.1, 0.15) is 38.5 Å². The largest absolute Gasteiger partial charge is 0.507 e. The molecule has 0 aliphatic heterocycles. The van der Waals surface area contributed by atoms with Crippen LogP contribution in [-0.4, -0.2) is 51.7 Å². The van der Waals surface area contributed by atoms with Gasteiger partial charge in [-0.1, -0.05) is 45.3 Å². The molecule has 0 spiro atoms. The average molecular weight is 524 g/mol. The summed E-state index contributed by atoms with van der Waals surface area (Å²) in [6, 6.07) is 7.84. The molecule has 1 amide bonds. The number of hydrogen-bond acceptors (Lipinski definition) is 7. The molecule has 0 unspecified atom stereocenters. The normalized spacial score (nSPS) is 14.8. The minimum Gasteiger partial charge on any atom is -0.507 e. The lowest BCUT2D eigenvalue weighted by Crippen LogP contribution is -2.36. The Morgan fingerprint density at radius 3 is 2.62 bits per heavy atom. The van der Waals surface area contributed by atoms with Crippen LogP contribution in [-0.2, 0) is 11.5 Å².